The van der Waals surface area contributed by atoms with Gasteiger partial charge in [0.15, 0.2) is 0 Å². The Kier molecular flexibility index (Phi) is 20.3. The minimum absolute atomic E-state index is 0.663. The predicted octanol–water partition coefficient (Wildman–Crippen LogP) is 34.5. The van der Waals surface area contributed by atoms with Gasteiger partial charge in [0.05, 0.1) is 66.7 Å². The van der Waals surface area contributed by atoms with Gasteiger partial charge in [-0.2, -0.15) is 0 Å². The zero-order chi connectivity index (χ0) is 91.1. The molecule has 0 fully saturated rings. The summed E-state index contributed by atoms with van der Waals surface area (Å²) < 4.78 is 6.74. The largest absolute Gasteiger partial charge is 0.278 e. The molecule has 9 heterocycles. The van der Waals surface area contributed by atoms with Crippen LogP contribution in [0.1, 0.15) is 0 Å². The van der Waals surface area contributed by atoms with Crippen molar-refractivity contribution in [3.63, 3.8) is 0 Å². The maximum atomic E-state index is 5.37. The summed E-state index contributed by atoms with van der Waals surface area (Å²) in [5.41, 5.74) is 25.1. The molecule has 9 nitrogen and oxygen atoms in total. The molecule has 28 rings (SSSR count). The number of hydrogen-bond donors (Lipinski definition) is 0. The third kappa shape index (κ3) is 14.4. The third-order valence-electron chi connectivity index (χ3n) is 26.6. The summed E-state index contributed by atoms with van der Waals surface area (Å²) in [5, 5.41) is 17.7. The van der Waals surface area contributed by atoms with Crippen molar-refractivity contribution < 1.29 is 0 Å². The molecule has 0 N–H and O–H groups in total. The summed E-state index contributed by atoms with van der Waals surface area (Å²) in [4.78, 5) is 39.0. The maximum Gasteiger partial charge on any atom is 0.235 e. The van der Waals surface area contributed by atoms with Gasteiger partial charge in [-0.05, 0) is 174 Å². The van der Waals surface area contributed by atoms with Crippen molar-refractivity contribution in [2.75, 3.05) is 0 Å². The van der Waals surface area contributed by atoms with Crippen LogP contribution in [0, 0.1) is 0 Å². The van der Waals surface area contributed by atoms with E-state index in [1.54, 1.807) is 0 Å². The minimum Gasteiger partial charge on any atom is -0.278 e. The first-order chi connectivity index (χ1) is 68.4. The molecule has 138 heavy (non-hydrogen) atoms. The van der Waals surface area contributed by atoms with Crippen molar-refractivity contribution in [2.45, 2.75) is 0 Å². The molecule has 0 aliphatic rings. The van der Waals surface area contributed by atoms with Crippen LogP contribution in [-0.2, 0) is 0 Å². The molecule has 0 atom stereocenters. The number of para-hydroxylation sites is 4. The molecule has 0 saturated carbocycles. The number of thiophene rings is 3. The molecule has 0 bridgehead atoms. The first kappa shape index (κ1) is 81.3. The van der Waals surface area contributed by atoms with E-state index in [-0.39, 0.29) is 0 Å². The average molecular weight is 1820 g/mol. The summed E-state index contributed by atoms with van der Waals surface area (Å²) in [6.07, 6.45) is 0. The van der Waals surface area contributed by atoms with Crippen molar-refractivity contribution in [1.82, 2.24) is 43.6 Å². The topological polar surface area (TPSA) is 92.1 Å². The Hall–Kier alpha value is -17.5. The highest BCUT2D eigenvalue weighted by Crippen LogP contribution is 2.49. The first-order valence-corrected chi connectivity index (χ1v) is 48.8. The zero-order valence-electron chi connectivity index (χ0n) is 74.4. The Labute approximate surface area is 806 Å². The highest BCUT2D eigenvalue weighted by molar-refractivity contribution is 7.19. The van der Waals surface area contributed by atoms with Gasteiger partial charge in [-0.3, -0.25) is 13.7 Å². The van der Waals surface area contributed by atoms with E-state index in [1.165, 1.54) is 138 Å². The Morgan fingerprint density at radius 3 is 0.855 bits per heavy atom. The summed E-state index contributed by atoms with van der Waals surface area (Å²) >= 11 is 5.49. The lowest BCUT2D eigenvalue weighted by Gasteiger charge is -2.13. The predicted molar refractivity (Wildman–Crippen MR) is 582 cm³/mol. The van der Waals surface area contributed by atoms with Crippen LogP contribution in [0.4, 0.5) is 0 Å². The molecular formula is C126H79N9S3. The van der Waals surface area contributed by atoms with Crippen LogP contribution in [0.2, 0.25) is 0 Å². The van der Waals surface area contributed by atoms with Crippen molar-refractivity contribution >= 4 is 164 Å². The number of rotatable bonds is 13. The van der Waals surface area contributed by atoms with Crippen LogP contribution in [0.5, 0.6) is 0 Å². The summed E-state index contributed by atoms with van der Waals surface area (Å²) in [6.45, 7) is 0. The second-order valence-electron chi connectivity index (χ2n) is 34.6. The Bertz CT molecular complexity index is 9580. The lowest BCUT2D eigenvalue weighted by molar-refractivity contribution is 1.01. The second-order valence-corrected chi connectivity index (χ2v) is 37.9. The van der Waals surface area contributed by atoms with Crippen molar-refractivity contribution in [3.05, 3.63) is 479 Å². The van der Waals surface area contributed by atoms with Crippen molar-refractivity contribution in [3.8, 4) is 125 Å². The molecule has 0 amide bonds. The highest BCUT2D eigenvalue weighted by atomic mass is 32.1. The molecule has 19 aromatic carbocycles. The lowest BCUT2D eigenvalue weighted by atomic mass is 9.98. The van der Waals surface area contributed by atoms with Crippen molar-refractivity contribution in [2.24, 2.45) is 0 Å². The molecule has 28 aromatic rings. The molecule has 12 heteroatoms. The van der Waals surface area contributed by atoms with E-state index in [2.05, 4.69) is 469 Å². The van der Waals surface area contributed by atoms with Crippen LogP contribution in [0.3, 0.4) is 0 Å². The smallest absolute Gasteiger partial charge is 0.235 e. The number of aromatic nitrogens is 9. The SMILES string of the molecule is c1ccc(-c2ccc(-c3cc4c(c5ccccc35)c3ccccc3n4-c3nc(-c4ccccc4)c4ccccc4n3)s2)cc1.c1ccc(-c2ccc(-c3ccc4c(c3)c3c5ccccc5ccc3n4-c3nc(-c4ccccc4)c4ccccc4n3)s2)cc1.c1ccc(-c2ccc(-c3nc(-n4c5ccc(-c6ccc(-c7ccccc7)s6)cc5c5c6ccccc6ccc54)nc4ccccc34)cc2)cc1. The van der Waals surface area contributed by atoms with Gasteiger partial charge >= 0.3 is 0 Å². The Morgan fingerprint density at radius 1 is 0.152 bits per heavy atom. The summed E-state index contributed by atoms with van der Waals surface area (Å²) in [7, 11) is 0. The average Bonchev–Trinajstić information content (AvgIpc) is 1.56. The molecule has 0 radical (unpaired) electrons. The fourth-order valence-corrected chi connectivity index (χ4v) is 23.2. The molecular weight excluding hydrogens is 1740 g/mol. The molecule has 646 valence electrons. The Balaban J connectivity index is 0.000000107. The molecule has 0 unspecified atom stereocenters. The monoisotopic (exact) mass is 1810 g/mol. The van der Waals surface area contributed by atoms with Gasteiger partial charge in [0.25, 0.3) is 0 Å². The molecule has 0 spiro atoms. The number of nitrogens with zero attached hydrogens (tertiary/aromatic N) is 9. The lowest BCUT2D eigenvalue weighted by Crippen LogP contribution is -2.03. The van der Waals surface area contributed by atoms with Gasteiger partial charge in [-0.1, -0.05) is 376 Å². The number of fused-ring (bicyclic) bond motifs is 18. The quantitative estimate of drug-likeness (QED) is 0.114. The van der Waals surface area contributed by atoms with E-state index in [0.29, 0.717) is 17.8 Å². The second kappa shape index (κ2) is 34.5. The van der Waals surface area contributed by atoms with Crippen LogP contribution >= 0.6 is 34.0 Å². The van der Waals surface area contributed by atoms with Gasteiger partial charge in [0.1, 0.15) is 0 Å². The summed E-state index contributed by atoms with van der Waals surface area (Å²) in [6, 6.07) is 170. The standard InChI is InChI=1S/C46H29N3S.2C40H25N3S/c1-3-11-30(12-4-1)31-19-21-34(22-20-31)45-37-17-9-10-18-39(37)47-46(48-45)49-40-25-24-35(43-28-27-42(50-43)33-14-5-2-6-15-33)29-38(40)44-36-16-8-7-13-32(36)23-26-41(44)49;1-3-13-26(14-4-1)36-23-24-37(44-36)32-25-35-38(29-18-8-7-17-28(29)32)31-20-10-12-22-34(31)43(35)40-41-33-21-11-9-19-30(33)39(42-40)27-15-5-2-6-16-27;1-3-12-27(13-4-1)36-23-24-37(44-36)29-20-21-34-32(25-29)38-30-16-8-7-11-26(30)19-22-35(38)43(34)40-41-33-18-10-9-17-31(33)39(42-40)28-14-5-2-6-15-28/h1-29H;2*1-25H. The highest BCUT2D eigenvalue weighted by Gasteiger charge is 2.27. The van der Waals surface area contributed by atoms with Crippen LogP contribution in [0.25, 0.3) is 256 Å². The van der Waals surface area contributed by atoms with E-state index in [9.17, 15) is 0 Å². The molecule has 0 aliphatic heterocycles. The van der Waals surface area contributed by atoms with Gasteiger partial charge in [0.2, 0.25) is 17.8 Å². The van der Waals surface area contributed by atoms with Gasteiger partial charge in [-0.15, -0.1) is 34.0 Å². The molecule has 9 aromatic heterocycles. The van der Waals surface area contributed by atoms with Crippen LogP contribution in [-0.4, -0.2) is 43.6 Å². The zero-order valence-corrected chi connectivity index (χ0v) is 76.8. The van der Waals surface area contributed by atoms with E-state index < -0.39 is 0 Å². The molecule has 0 aliphatic carbocycles. The maximum absolute atomic E-state index is 5.37. The fourth-order valence-electron chi connectivity index (χ4n) is 20.1. The normalized spacial score (nSPS) is 11.6. The molecule has 0 saturated heterocycles. The fraction of sp³-hybridized carbons (Fsp3) is 0. The third-order valence-corrected chi connectivity index (χ3v) is 30.1. The van der Waals surface area contributed by atoms with Crippen LogP contribution < -0.4 is 0 Å². The Morgan fingerprint density at radius 2 is 0.428 bits per heavy atom. The van der Waals surface area contributed by atoms with Gasteiger partial charge in [-0.25, -0.2) is 29.9 Å². The number of benzene rings is 19. The minimum atomic E-state index is 0.663. The van der Waals surface area contributed by atoms with Crippen molar-refractivity contribution in [1.29, 1.82) is 0 Å². The summed E-state index contributed by atoms with van der Waals surface area (Å²) in [5.74, 6) is 2.01. The van der Waals surface area contributed by atoms with E-state index in [1.807, 2.05) is 58.3 Å². The first-order valence-electron chi connectivity index (χ1n) is 46.4. The van der Waals surface area contributed by atoms with E-state index in [4.69, 9.17) is 29.9 Å². The van der Waals surface area contributed by atoms with Gasteiger partial charge < -0.3 is 0 Å². The van der Waals surface area contributed by atoms with Crippen LogP contribution in [0.15, 0.2) is 479 Å². The number of hydrogen-bond acceptors (Lipinski definition) is 9. The van der Waals surface area contributed by atoms with Gasteiger partial charge in [0, 0.05) is 100.0 Å². The van der Waals surface area contributed by atoms with E-state index >= 15 is 0 Å². The van der Waals surface area contributed by atoms with E-state index in [0.717, 1.165) is 99.6 Å².